The number of rotatable bonds is 6. The molecule has 9 nitrogen and oxygen atoms in total. The number of hydrogen-bond donors (Lipinski definition) is 0. The molecule has 2 heterocycles. The van der Waals surface area contributed by atoms with Crippen molar-refractivity contribution in [3.05, 3.63) is 58.4 Å². The molecule has 0 aliphatic carbocycles. The summed E-state index contributed by atoms with van der Waals surface area (Å²) < 4.78 is 16.9. The van der Waals surface area contributed by atoms with Crippen molar-refractivity contribution in [2.75, 3.05) is 13.2 Å². The first-order chi connectivity index (χ1) is 14.1. The van der Waals surface area contributed by atoms with E-state index in [9.17, 15) is 14.4 Å². The normalized spacial score (nSPS) is 12.6. The second-order valence-corrected chi connectivity index (χ2v) is 6.34. The lowest BCUT2D eigenvalue weighted by Crippen LogP contribution is -2.26. The lowest BCUT2D eigenvalue weighted by atomic mass is 10.1. The molecular formula is C20H17N3O6. The van der Waals surface area contributed by atoms with E-state index in [0.29, 0.717) is 41.2 Å². The molecule has 0 saturated carbocycles. The van der Waals surface area contributed by atoms with Gasteiger partial charge in [0, 0.05) is 12.0 Å². The number of fused-ring (bicyclic) bond motifs is 2. The van der Waals surface area contributed by atoms with Gasteiger partial charge in [0.15, 0.2) is 24.0 Å². The van der Waals surface area contributed by atoms with E-state index in [0.717, 1.165) is 4.68 Å². The van der Waals surface area contributed by atoms with E-state index in [-0.39, 0.29) is 25.4 Å². The fraction of sp³-hybridized carbons (Fsp3) is 0.250. The maximum atomic E-state index is 12.3. The first-order valence-corrected chi connectivity index (χ1v) is 9.03. The molecule has 0 unspecified atom stereocenters. The van der Waals surface area contributed by atoms with Gasteiger partial charge < -0.3 is 14.2 Å². The predicted octanol–water partition coefficient (Wildman–Crippen LogP) is 1.73. The standard InChI is InChI=1S/C20H17N3O6/c24-16(13-5-7-17-18(11-13)28-10-9-27-17)6-8-19(25)29-12-23-20(26)14-3-1-2-4-15(14)21-22-23/h1-5,7,11H,6,8-10,12H2. The van der Waals surface area contributed by atoms with Gasteiger partial charge in [-0.2, -0.15) is 4.68 Å². The zero-order valence-corrected chi connectivity index (χ0v) is 15.4. The molecule has 1 aromatic heterocycles. The Morgan fingerprint density at radius 3 is 2.69 bits per heavy atom. The Kier molecular flexibility index (Phi) is 5.19. The summed E-state index contributed by atoms with van der Waals surface area (Å²) in [5.74, 6) is 0.271. The number of carbonyl (C=O) groups excluding carboxylic acids is 2. The Balaban J connectivity index is 1.33. The Morgan fingerprint density at radius 2 is 1.83 bits per heavy atom. The molecule has 3 aromatic rings. The lowest BCUT2D eigenvalue weighted by molar-refractivity contribution is -0.148. The minimum absolute atomic E-state index is 0.0310. The van der Waals surface area contributed by atoms with Crippen LogP contribution in [0.1, 0.15) is 23.2 Å². The molecule has 9 heteroatoms. The van der Waals surface area contributed by atoms with Crippen molar-refractivity contribution in [2.45, 2.75) is 19.6 Å². The first-order valence-electron chi connectivity index (χ1n) is 9.03. The molecule has 0 bridgehead atoms. The first kappa shape index (κ1) is 18.6. The molecule has 1 aliphatic heterocycles. The van der Waals surface area contributed by atoms with E-state index < -0.39 is 11.5 Å². The molecule has 0 N–H and O–H groups in total. The van der Waals surface area contributed by atoms with Crippen LogP contribution in [-0.2, 0) is 16.3 Å². The van der Waals surface area contributed by atoms with Crippen molar-refractivity contribution in [1.29, 1.82) is 0 Å². The Labute approximate surface area is 164 Å². The number of Topliss-reactive ketones (excluding diaryl/α,β-unsaturated/α-hetero) is 1. The van der Waals surface area contributed by atoms with Gasteiger partial charge >= 0.3 is 5.97 Å². The van der Waals surface area contributed by atoms with Crippen LogP contribution < -0.4 is 15.0 Å². The van der Waals surface area contributed by atoms with E-state index in [2.05, 4.69) is 10.3 Å². The smallest absolute Gasteiger partial charge is 0.308 e. The zero-order valence-electron chi connectivity index (χ0n) is 15.4. The SMILES string of the molecule is O=C(CCC(=O)c1ccc2c(c1)OCCO2)OCn1nnc2ccccc2c1=O. The van der Waals surface area contributed by atoms with Crippen LogP contribution in [0.5, 0.6) is 11.5 Å². The maximum absolute atomic E-state index is 12.3. The van der Waals surface area contributed by atoms with Crippen LogP contribution in [0.4, 0.5) is 0 Å². The monoisotopic (exact) mass is 395 g/mol. The minimum Gasteiger partial charge on any atom is -0.486 e. The summed E-state index contributed by atoms with van der Waals surface area (Å²) in [4.78, 5) is 36.6. The number of esters is 1. The minimum atomic E-state index is -0.613. The van der Waals surface area contributed by atoms with Gasteiger partial charge in [-0.25, -0.2) is 0 Å². The highest BCUT2D eigenvalue weighted by atomic mass is 16.6. The molecule has 0 atom stereocenters. The number of nitrogens with zero attached hydrogens (tertiary/aromatic N) is 3. The molecule has 0 amide bonds. The second-order valence-electron chi connectivity index (χ2n) is 6.34. The summed E-state index contributed by atoms with van der Waals surface area (Å²) in [5.41, 5.74) is 0.486. The van der Waals surface area contributed by atoms with Gasteiger partial charge in [-0.1, -0.05) is 17.3 Å². The van der Waals surface area contributed by atoms with E-state index >= 15 is 0 Å². The summed E-state index contributed by atoms with van der Waals surface area (Å²) in [5, 5.41) is 8.04. The predicted molar refractivity (Wildman–Crippen MR) is 101 cm³/mol. The summed E-state index contributed by atoms with van der Waals surface area (Å²) in [6.07, 6.45) is -0.153. The summed E-state index contributed by atoms with van der Waals surface area (Å²) in [6.45, 7) is 0.526. The molecular weight excluding hydrogens is 378 g/mol. The molecule has 1 aliphatic rings. The van der Waals surface area contributed by atoms with Crippen LogP contribution in [0.3, 0.4) is 0 Å². The van der Waals surface area contributed by atoms with E-state index in [1.165, 1.54) is 0 Å². The van der Waals surface area contributed by atoms with Crippen molar-refractivity contribution < 1.29 is 23.8 Å². The highest BCUT2D eigenvalue weighted by molar-refractivity contribution is 5.98. The quantitative estimate of drug-likeness (QED) is 0.458. The van der Waals surface area contributed by atoms with Gasteiger partial charge in [-0.3, -0.25) is 14.4 Å². The average molecular weight is 395 g/mol. The van der Waals surface area contributed by atoms with Crippen LogP contribution in [0, 0.1) is 0 Å². The highest BCUT2D eigenvalue weighted by Gasteiger charge is 2.16. The third kappa shape index (κ3) is 4.08. The van der Waals surface area contributed by atoms with Crippen LogP contribution >= 0.6 is 0 Å². The van der Waals surface area contributed by atoms with Gasteiger partial charge in [0.1, 0.15) is 18.7 Å². The van der Waals surface area contributed by atoms with Crippen LogP contribution in [0.2, 0.25) is 0 Å². The number of ether oxygens (including phenoxy) is 3. The average Bonchev–Trinajstić information content (AvgIpc) is 2.77. The fourth-order valence-electron chi connectivity index (χ4n) is 2.89. The van der Waals surface area contributed by atoms with Crippen molar-refractivity contribution in [3.8, 4) is 11.5 Å². The van der Waals surface area contributed by atoms with Gasteiger partial charge in [0.2, 0.25) is 0 Å². The highest BCUT2D eigenvalue weighted by Crippen LogP contribution is 2.31. The number of ketones is 1. The third-order valence-electron chi connectivity index (χ3n) is 4.40. The van der Waals surface area contributed by atoms with E-state index in [1.807, 2.05) is 0 Å². The summed E-state index contributed by atoms with van der Waals surface area (Å²) in [7, 11) is 0. The molecule has 0 fully saturated rings. The lowest BCUT2D eigenvalue weighted by Gasteiger charge is -2.18. The Bertz CT molecular complexity index is 1140. The summed E-state index contributed by atoms with van der Waals surface area (Å²) >= 11 is 0. The number of aromatic nitrogens is 3. The van der Waals surface area contributed by atoms with Crippen molar-refractivity contribution in [2.24, 2.45) is 0 Å². The van der Waals surface area contributed by atoms with E-state index in [1.54, 1.807) is 42.5 Å². The van der Waals surface area contributed by atoms with Crippen molar-refractivity contribution >= 4 is 22.7 Å². The molecule has 0 saturated heterocycles. The number of benzene rings is 2. The van der Waals surface area contributed by atoms with Gasteiger partial charge in [-0.15, -0.1) is 5.10 Å². The number of carbonyl (C=O) groups is 2. The van der Waals surface area contributed by atoms with Crippen LogP contribution in [0.25, 0.3) is 10.9 Å². The van der Waals surface area contributed by atoms with Crippen molar-refractivity contribution in [3.63, 3.8) is 0 Å². The summed E-state index contributed by atoms with van der Waals surface area (Å²) in [6, 6.07) is 11.7. The van der Waals surface area contributed by atoms with E-state index in [4.69, 9.17) is 14.2 Å². The molecule has 0 spiro atoms. The topological polar surface area (TPSA) is 110 Å². The Hall–Kier alpha value is -3.75. The molecule has 29 heavy (non-hydrogen) atoms. The van der Waals surface area contributed by atoms with Crippen LogP contribution in [0.15, 0.2) is 47.3 Å². The Morgan fingerprint density at radius 1 is 1.03 bits per heavy atom. The fourth-order valence-corrected chi connectivity index (χ4v) is 2.89. The van der Waals surface area contributed by atoms with Gasteiger partial charge in [-0.05, 0) is 30.3 Å². The zero-order chi connectivity index (χ0) is 20.2. The van der Waals surface area contributed by atoms with Gasteiger partial charge in [0.25, 0.3) is 5.56 Å². The molecule has 4 rings (SSSR count). The van der Waals surface area contributed by atoms with Crippen LogP contribution in [-0.4, -0.2) is 40.0 Å². The largest absolute Gasteiger partial charge is 0.486 e. The number of hydrogen-bond acceptors (Lipinski definition) is 8. The molecule has 0 radical (unpaired) electrons. The second kappa shape index (κ2) is 8.09. The third-order valence-corrected chi connectivity index (χ3v) is 4.40. The maximum Gasteiger partial charge on any atom is 0.308 e. The van der Waals surface area contributed by atoms with Gasteiger partial charge in [0.05, 0.1) is 11.8 Å². The van der Waals surface area contributed by atoms with Crippen molar-refractivity contribution in [1.82, 2.24) is 15.0 Å². The molecule has 148 valence electrons. The molecule has 2 aromatic carbocycles.